The summed E-state index contributed by atoms with van der Waals surface area (Å²) in [7, 11) is 1.72. The number of hydrazine groups is 2. The fourth-order valence-electron chi connectivity index (χ4n) is 2.08. The van der Waals surface area contributed by atoms with E-state index in [4.69, 9.17) is 0 Å². The van der Waals surface area contributed by atoms with E-state index in [0.717, 1.165) is 5.56 Å². The van der Waals surface area contributed by atoms with Crippen LogP contribution < -0.4 is 10.9 Å². The summed E-state index contributed by atoms with van der Waals surface area (Å²) in [5.41, 5.74) is 6.68. The van der Waals surface area contributed by atoms with Gasteiger partial charge in [-0.05, 0) is 11.5 Å². The molecule has 0 heterocycles. The van der Waals surface area contributed by atoms with Gasteiger partial charge < -0.3 is 0 Å². The number of hydrogen-bond donors (Lipinski definition) is 2. The highest BCUT2D eigenvalue weighted by Crippen LogP contribution is 2.04. The molecular formula is C16H25BrN4O2. The lowest BCUT2D eigenvalue weighted by Crippen LogP contribution is -2.51. The molecule has 0 aliphatic rings. The van der Waals surface area contributed by atoms with Gasteiger partial charge >= 0.3 is 0 Å². The highest BCUT2D eigenvalue weighted by Gasteiger charge is 2.19. The minimum absolute atomic E-state index is 0.0907. The number of nitrogens with zero attached hydrogens (tertiary/aromatic N) is 2. The van der Waals surface area contributed by atoms with Crippen molar-refractivity contribution in [3.63, 3.8) is 0 Å². The molecule has 7 heteroatoms. The van der Waals surface area contributed by atoms with Crippen molar-refractivity contribution < 1.29 is 9.59 Å². The van der Waals surface area contributed by atoms with Crippen LogP contribution in [0.1, 0.15) is 19.4 Å². The van der Waals surface area contributed by atoms with Gasteiger partial charge in [0.1, 0.15) is 0 Å². The largest absolute Gasteiger partial charge is 0.287 e. The lowest BCUT2D eigenvalue weighted by Gasteiger charge is -2.28. The zero-order chi connectivity index (χ0) is 17.2. The van der Waals surface area contributed by atoms with Crippen LogP contribution in [-0.2, 0) is 16.1 Å². The number of carbonyl (C=O) groups is 2. The Labute approximate surface area is 146 Å². The van der Waals surface area contributed by atoms with E-state index in [0.29, 0.717) is 19.0 Å². The van der Waals surface area contributed by atoms with Gasteiger partial charge in [0.25, 0.3) is 5.91 Å². The van der Waals surface area contributed by atoms with E-state index in [-0.39, 0.29) is 23.7 Å². The molecule has 6 nitrogen and oxygen atoms in total. The fraction of sp³-hybridized carbons (Fsp3) is 0.500. The van der Waals surface area contributed by atoms with Crippen molar-refractivity contribution in [3.05, 3.63) is 35.9 Å². The van der Waals surface area contributed by atoms with Gasteiger partial charge in [-0.2, -0.15) is 0 Å². The maximum absolute atomic E-state index is 12.4. The lowest BCUT2D eigenvalue weighted by molar-refractivity contribution is -0.138. The normalized spacial score (nSPS) is 10.9. The molecule has 0 aliphatic carbocycles. The molecule has 2 amide bonds. The number of rotatable bonds is 9. The van der Waals surface area contributed by atoms with Crippen molar-refractivity contribution in [1.29, 1.82) is 0 Å². The molecule has 0 unspecified atom stereocenters. The van der Waals surface area contributed by atoms with E-state index in [9.17, 15) is 9.59 Å². The van der Waals surface area contributed by atoms with Crippen LogP contribution in [-0.4, -0.2) is 47.3 Å². The Hall–Kier alpha value is -1.44. The average Bonchev–Trinajstić information content (AvgIpc) is 2.52. The third kappa shape index (κ3) is 7.58. The van der Waals surface area contributed by atoms with Crippen molar-refractivity contribution >= 4 is 27.7 Å². The maximum atomic E-state index is 12.4. The van der Waals surface area contributed by atoms with Crippen LogP contribution in [0.25, 0.3) is 0 Å². The van der Waals surface area contributed by atoms with Crippen molar-refractivity contribution in [2.24, 2.45) is 5.92 Å². The standard InChI is InChI=1S/C16H25BrN4O2/c1-13(2)10-21(18-3)16(23)12-20(19-15(22)9-17)11-14-7-5-4-6-8-14/h4-8,13,18H,9-12H2,1-3H3,(H,19,22). The van der Waals surface area contributed by atoms with Crippen LogP contribution in [0.5, 0.6) is 0 Å². The summed E-state index contributed by atoms with van der Waals surface area (Å²) in [6.07, 6.45) is 0. The van der Waals surface area contributed by atoms with Gasteiger partial charge in [-0.25, -0.2) is 10.4 Å². The van der Waals surface area contributed by atoms with Gasteiger partial charge in [0.15, 0.2) is 0 Å². The molecule has 0 atom stereocenters. The van der Waals surface area contributed by atoms with E-state index in [2.05, 4.69) is 26.8 Å². The molecule has 0 bridgehead atoms. The molecule has 0 fully saturated rings. The highest BCUT2D eigenvalue weighted by atomic mass is 79.9. The fourth-order valence-corrected chi connectivity index (χ4v) is 2.20. The predicted molar refractivity (Wildman–Crippen MR) is 94.4 cm³/mol. The first-order valence-electron chi connectivity index (χ1n) is 7.58. The van der Waals surface area contributed by atoms with Crippen LogP contribution in [0, 0.1) is 5.92 Å². The Morgan fingerprint density at radius 3 is 2.39 bits per heavy atom. The molecule has 128 valence electrons. The predicted octanol–water partition coefficient (Wildman–Crippen LogP) is 1.53. The zero-order valence-corrected chi connectivity index (χ0v) is 15.5. The molecule has 0 spiro atoms. The third-order valence-corrected chi connectivity index (χ3v) is 3.57. The van der Waals surface area contributed by atoms with Crippen LogP contribution in [0.4, 0.5) is 0 Å². The summed E-state index contributed by atoms with van der Waals surface area (Å²) >= 11 is 3.12. The quantitative estimate of drug-likeness (QED) is 0.500. The summed E-state index contributed by atoms with van der Waals surface area (Å²) in [5, 5.41) is 3.39. The van der Waals surface area contributed by atoms with Gasteiger partial charge in [0, 0.05) is 20.1 Å². The minimum atomic E-state index is -0.186. The molecule has 2 N–H and O–H groups in total. The van der Waals surface area contributed by atoms with Crippen LogP contribution in [0.15, 0.2) is 30.3 Å². The Kier molecular flexibility index (Phi) is 8.83. The van der Waals surface area contributed by atoms with Gasteiger partial charge in [0.2, 0.25) is 5.91 Å². The van der Waals surface area contributed by atoms with E-state index in [1.54, 1.807) is 17.1 Å². The average molecular weight is 385 g/mol. The van der Waals surface area contributed by atoms with Gasteiger partial charge in [-0.1, -0.05) is 60.1 Å². The molecular weight excluding hydrogens is 360 g/mol. The molecule has 1 rings (SSSR count). The van der Waals surface area contributed by atoms with Crippen molar-refractivity contribution in [2.45, 2.75) is 20.4 Å². The second-order valence-corrected chi connectivity index (χ2v) is 6.19. The second-order valence-electron chi connectivity index (χ2n) is 5.63. The molecule has 0 aliphatic heterocycles. The maximum Gasteiger partial charge on any atom is 0.252 e. The number of nitrogens with one attached hydrogen (secondary N) is 2. The number of halogens is 1. The van der Waals surface area contributed by atoms with Gasteiger partial charge in [0.05, 0.1) is 11.9 Å². The molecule has 0 aromatic heterocycles. The zero-order valence-electron chi connectivity index (χ0n) is 13.9. The van der Waals surface area contributed by atoms with Crippen LogP contribution in [0.3, 0.4) is 0 Å². The first kappa shape index (κ1) is 19.6. The smallest absolute Gasteiger partial charge is 0.252 e. The van der Waals surface area contributed by atoms with E-state index in [1.807, 2.05) is 44.2 Å². The highest BCUT2D eigenvalue weighted by molar-refractivity contribution is 9.09. The third-order valence-electron chi connectivity index (χ3n) is 3.07. The Bertz CT molecular complexity index is 496. The second kappa shape index (κ2) is 10.4. The summed E-state index contributed by atoms with van der Waals surface area (Å²) in [6.45, 7) is 5.27. The molecule has 0 saturated carbocycles. The summed E-state index contributed by atoms with van der Waals surface area (Å²) < 4.78 is 0. The van der Waals surface area contributed by atoms with E-state index >= 15 is 0 Å². The van der Waals surface area contributed by atoms with Crippen molar-refractivity contribution in [3.8, 4) is 0 Å². The molecule has 0 saturated heterocycles. The number of alkyl halides is 1. The summed E-state index contributed by atoms with van der Waals surface area (Å²) in [5.74, 6) is 0.0757. The SMILES string of the molecule is CNN(CC(C)C)C(=O)CN(Cc1ccccc1)NC(=O)CBr. The number of hydrogen-bond acceptors (Lipinski definition) is 4. The summed E-state index contributed by atoms with van der Waals surface area (Å²) in [6, 6.07) is 9.71. The van der Waals surface area contributed by atoms with Gasteiger partial charge in [-0.15, -0.1) is 0 Å². The molecule has 0 radical (unpaired) electrons. The molecule has 1 aromatic carbocycles. The first-order chi connectivity index (χ1) is 11.0. The Morgan fingerprint density at radius 2 is 1.87 bits per heavy atom. The first-order valence-corrected chi connectivity index (χ1v) is 8.70. The van der Waals surface area contributed by atoms with E-state index < -0.39 is 0 Å². The van der Waals surface area contributed by atoms with Crippen LogP contribution >= 0.6 is 15.9 Å². The lowest BCUT2D eigenvalue weighted by atomic mass is 10.2. The molecule has 23 heavy (non-hydrogen) atoms. The van der Waals surface area contributed by atoms with Crippen molar-refractivity contribution in [1.82, 2.24) is 20.9 Å². The minimum Gasteiger partial charge on any atom is -0.287 e. The van der Waals surface area contributed by atoms with Gasteiger partial charge in [-0.3, -0.25) is 20.0 Å². The van der Waals surface area contributed by atoms with E-state index in [1.165, 1.54) is 0 Å². The summed E-state index contributed by atoms with van der Waals surface area (Å²) in [4.78, 5) is 24.1. The number of benzene rings is 1. The topological polar surface area (TPSA) is 64.7 Å². The monoisotopic (exact) mass is 384 g/mol. The Balaban J connectivity index is 2.74. The molecule has 1 aromatic rings. The number of carbonyl (C=O) groups excluding carboxylic acids is 2. The van der Waals surface area contributed by atoms with Crippen LogP contribution in [0.2, 0.25) is 0 Å². The van der Waals surface area contributed by atoms with Crippen molar-refractivity contribution in [2.75, 3.05) is 25.5 Å². The Morgan fingerprint density at radius 1 is 1.22 bits per heavy atom. The number of amides is 2.